The topological polar surface area (TPSA) is 93.1 Å². The van der Waals surface area contributed by atoms with Gasteiger partial charge >= 0.3 is 7.60 Å². The van der Waals surface area contributed by atoms with Crippen molar-refractivity contribution in [2.75, 3.05) is 12.8 Å². The fourth-order valence-corrected chi connectivity index (χ4v) is 2.10. The van der Waals surface area contributed by atoms with Crippen molar-refractivity contribution in [3.05, 3.63) is 0 Å². The third kappa shape index (κ3) is 4.01. The fourth-order valence-electron chi connectivity index (χ4n) is 1.42. The van der Waals surface area contributed by atoms with Crippen molar-refractivity contribution in [2.24, 2.45) is 0 Å². The van der Waals surface area contributed by atoms with Gasteiger partial charge in [0.05, 0.1) is 18.8 Å². The van der Waals surface area contributed by atoms with Crippen molar-refractivity contribution in [1.82, 2.24) is 0 Å². The third-order valence-electron chi connectivity index (χ3n) is 2.16. The molecule has 0 bridgehead atoms. The molecule has 2 N–H and O–H groups in total. The van der Waals surface area contributed by atoms with E-state index in [2.05, 4.69) is 4.52 Å². The molecule has 0 saturated carbocycles. The largest absolute Gasteiger partial charge is 0.390 e. The summed E-state index contributed by atoms with van der Waals surface area (Å²) in [6.45, 7) is 1.63. The van der Waals surface area contributed by atoms with Crippen molar-refractivity contribution in [3.63, 3.8) is 0 Å². The average Bonchev–Trinajstić information content (AvgIpc) is 2.42. The first-order chi connectivity index (χ1) is 6.94. The molecule has 1 rings (SSSR count). The third-order valence-corrected chi connectivity index (χ3v) is 3.32. The highest BCUT2D eigenvalue weighted by Crippen LogP contribution is 2.41. The molecular formula is C8H15O6P. The molecule has 88 valence electrons. The van der Waals surface area contributed by atoms with Gasteiger partial charge < -0.3 is 24.1 Å². The zero-order valence-electron chi connectivity index (χ0n) is 8.41. The van der Waals surface area contributed by atoms with Gasteiger partial charge in [-0.3, -0.25) is 4.57 Å². The second-order valence-electron chi connectivity index (χ2n) is 3.57. The van der Waals surface area contributed by atoms with Gasteiger partial charge in [-0.1, -0.05) is 0 Å². The summed E-state index contributed by atoms with van der Waals surface area (Å²) >= 11 is 0. The summed E-state index contributed by atoms with van der Waals surface area (Å²) in [5, 5.41) is 9.44. The zero-order chi connectivity index (χ0) is 11.5. The molecule has 0 spiro atoms. The van der Waals surface area contributed by atoms with Crippen LogP contribution in [0, 0.1) is 0 Å². The van der Waals surface area contributed by atoms with E-state index in [0.717, 1.165) is 0 Å². The maximum atomic E-state index is 11.1. The van der Waals surface area contributed by atoms with Crippen molar-refractivity contribution >= 4 is 13.9 Å². The van der Waals surface area contributed by atoms with Gasteiger partial charge in [-0.2, -0.15) is 0 Å². The highest BCUT2D eigenvalue weighted by Gasteiger charge is 2.33. The molecule has 4 unspecified atom stereocenters. The fraction of sp³-hybridized carbons (Fsp3) is 0.875. The molecule has 0 aromatic carbocycles. The van der Waals surface area contributed by atoms with Crippen LogP contribution >= 0.6 is 7.60 Å². The summed E-state index contributed by atoms with van der Waals surface area (Å²) < 4.78 is 21.0. The number of carbonyl (C=O) groups is 1. The molecule has 7 heteroatoms. The van der Waals surface area contributed by atoms with E-state index in [1.54, 1.807) is 6.92 Å². The SMILES string of the molecule is CC1CC(O)C(COP(=O)(O)CC=O)O1. The second kappa shape index (κ2) is 5.18. The van der Waals surface area contributed by atoms with Gasteiger partial charge in [0.1, 0.15) is 18.6 Å². The summed E-state index contributed by atoms with van der Waals surface area (Å²) in [6.07, 6.45) is -1.08. The molecule has 1 fully saturated rings. The number of aliphatic hydroxyl groups excluding tert-OH is 1. The lowest BCUT2D eigenvalue weighted by Crippen LogP contribution is -2.26. The van der Waals surface area contributed by atoms with Crippen LogP contribution in [0.2, 0.25) is 0 Å². The van der Waals surface area contributed by atoms with Crippen molar-refractivity contribution in [1.29, 1.82) is 0 Å². The Balaban J connectivity index is 2.37. The van der Waals surface area contributed by atoms with E-state index in [1.807, 2.05) is 0 Å². The Morgan fingerprint density at radius 1 is 1.67 bits per heavy atom. The van der Waals surface area contributed by atoms with E-state index >= 15 is 0 Å². The van der Waals surface area contributed by atoms with E-state index in [-0.39, 0.29) is 12.7 Å². The normalized spacial score (nSPS) is 35.0. The highest BCUT2D eigenvalue weighted by molar-refractivity contribution is 7.53. The van der Waals surface area contributed by atoms with Crippen molar-refractivity contribution in [3.8, 4) is 0 Å². The Bertz CT molecular complexity index is 268. The van der Waals surface area contributed by atoms with Crippen LogP contribution in [0.1, 0.15) is 13.3 Å². The molecule has 6 nitrogen and oxygen atoms in total. The first kappa shape index (κ1) is 12.8. The number of aliphatic hydroxyl groups is 1. The molecule has 1 saturated heterocycles. The van der Waals surface area contributed by atoms with E-state index in [9.17, 15) is 14.5 Å². The van der Waals surface area contributed by atoms with Gasteiger partial charge in [0, 0.05) is 6.42 Å². The van der Waals surface area contributed by atoms with Gasteiger partial charge in [-0.05, 0) is 6.92 Å². The first-order valence-corrected chi connectivity index (χ1v) is 6.44. The van der Waals surface area contributed by atoms with Crippen LogP contribution in [0.15, 0.2) is 0 Å². The lowest BCUT2D eigenvalue weighted by atomic mass is 10.1. The number of aldehydes is 1. The Hall–Kier alpha value is -0.260. The van der Waals surface area contributed by atoms with Crippen LogP contribution in [0.4, 0.5) is 0 Å². The van der Waals surface area contributed by atoms with Gasteiger partial charge in [-0.25, -0.2) is 0 Å². The van der Waals surface area contributed by atoms with Crippen LogP contribution in [0.25, 0.3) is 0 Å². The average molecular weight is 238 g/mol. The molecular weight excluding hydrogens is 223 g/mol. The smallest absolute Gasteiger partial charge is 0.335 e. The minimum absolute atomic E-state index is 0.0854. The maximum Gasteiger partial charge on any atom is 0.335 e. The van der Waals surface area contributed by atoms with Gasteiger partial charge in [-0.15, -0.1) is 0 Å². The van der Waals surface area contributed by atoms with Crippen molar-refractivity contribution < 1.29 is 28.6 Å². The number of ether oxygens (including phenoxy) is 1. The zero-order valence-corrected chi connectivity index (χ0v) is 9.30. The highest BCUT2D eigenvalue weighted by atomic mass is 31.2. The Labute approximate surface area is 87.7 Å². The molecule has 0 amide bonds. The monoisotopic (exact) mass is 238 g/mol. The summed E-state index contributed by atoms with van der Waals surface area (Å²) in [5.41, 5.74) is 0. The Kier molecular flexibility index (Phi) is 4.43. The molecule has 0 aliphatic carbocycles. The minimum Gasteiger partial charge on any atom is -0.390 e. The van der Waals surface area contributed by atoms with E-state index < -0.39 is 26.0 Å². The first-order valence-electron chi connectivity index (χ1n) is 4.68. The summed E-state index contributed by atoms with van der Waals surface area (Å²) in [5.74, 6) is 0. The lowest BCUT2D eigenvalue weighted by molar-refractivity contribution is -0.106. The standard InChI is InChI=1S/C8H15O6P/c1-6-4-7(10)8(14-6)5-13-15(11,12)3-2-9/h2,6-8,10H,3-5H2,1H3,(H,11,12). The van der Waals surface area contributed by atoms with Crippen molar-refractivity contribution in [2.45, 2.75) is 31.7 Å². The van der Waals surface area contributed by atoms with E-state index in [0.29, 0.717) is 12.7 Å². The van der Waals surface area contributed by atoms with Crippen LogP contribution in [0.5, 0.6) is 0 Å². The second-order valence-corrected chi connectivity index (χ2v) is 5.47. The number of hydrogen-bond donors (Lipinski definition) is 2. The quantitative estimate of drug-likeness (QED) is 0.514. The van der Waals surface area contributed by atoms with Crippen LogP contribution in [-0.4, -0.2) is 47.4 Å². The predicted molar refractivity (Wildman–Crippen MR) is 51.7 cm³/mol. The van der Waals surface area contributed by atoms with Crippen LogP contribution in [-0.2, 0) is 18.6 Å². The maximum absolute atomic E-state index is 11.1. The van der Waals surface area contributed by atoms with Gasteiger partial charge in [0.25, 0.3) is 0 Å². The van der Waals surface area contributed by atoms with Crippen LogP contribution in [0.3, 0.4) is 0 Å². The van der Waals surface area contributed by atoms with Crippen LogP contribution < -0.4 is 0 Å². The number of rotatable bonds is 5. The summed E-state index contributed by atoms with van der Waals surface area (Å²) in [7, 11) is -3.85. The Morgan fingerprint density at radius 2 is 2.33 bits per heavy atom. The van der Waals surface area contributed by atoms with Gasteiger partial charge in [0.2, 0.25) is 0 Å². The molecule has 1 aliphatic heterocycles. The summed E-state index contributed by atoms with van der Waals surface area (Å²) in [6, 6.07) is 0. The molecule has 0 radical (unpaired) electrons. The van der Waals surface area contributed by atoms with E-state index in [1.165, 1.54) is 0 Å². The molecule has 0 aromatic rings. The van der Waals surface area contributed by atoms with E-state index in [4.69, 9.17) is 9.63 Å². The number of hydrogen-bond acceptors (Lipinski definition) is 5. The molecule has 4 atom stereocenters. The molecule has 0 aromatic heterocycles. The van der Waals surface area contributed by atoms with Gasteiger partial charge in [0.15, 0.2) is 0 Å². The predicted octanol–water partition coefficient (Wildman–Crippen LogP) is -0.0744. The molecule has 15 heavy (non-hydrogen) atoms. The minimum atomic E-state index is -3.85. The summed E-state index contributed by atoms with van der Waals surface area (Å²) in [4.78, 5) is 19.1. The lowest BCUT2D eigenvalue weighted by Gasteiger charge is -2.16. The number of carbonyl (C=O) groups excluding carboxylic acids is 1. The molecule has 1 heterocycles. The molecule has 1 aliphatic rings. The Morgan fingerprint density at radius 3 is 2.80 bits per heavy atom.